The zero-order chi connectivity index (χ0) is 23.8. The monoisotopic (exact) mass is 478 g/mol. The van der Waals surface area contributed by atoms with Gasteiger partial charge in [-0.1, -0.05) is 12.1 Å². The Hall–Kier alpha value is -3.63. The number of ketones is 1. The molecule has 1 saturated heterocycles. The van der Waals surface area contributed by atoms with E-state index in [1.165, 1.54) is 22.8 Å². The Kier molecular flexibility index (Phi) is 5.84. The van der Waals surface area contributed by atoms with Gasteiger partial charge in [0.05, 0.1) is 18.2 Å². The minimum atomic E-state index is -0.566. The van der Waals surface area contributed by atoms with Gasteiger partial charge in [0.1, 0.15) is 16.1 Å². The molecule has 1 aliphatic heterocycles. The molecule has 9 nitrogen and oxygen atoms in total. The maximum absolute atomic E-state index is 13.5. The molecule has 0 unspecified atom stereocenters. The Balaban J connectivity index is 1.59. The van der Waals surface area contributed by atoms with Crippen molar-refractivity contribution in [1.82, 2.24) is 14.1 Å². The number of pyridine rings is 1. The molecule has 0 bridgehead atoms. The third-order valence-corrected chi connectivity index (χ3v) is 6.97. The number of Topliss-reactive ketones (excluding diaryl/α,β-unsaturated/α-hetero) is 1. The van der Waals surface area contributed by atoms with Crippen LogP contribution in [0.25, 0.3) is 20.4 Å². The number of anilines is 1. The number of nitrogens with one attached hydrogen (secondary N) is 1. The molecule has 4 aromatic rings. The quantitative estimate of drug-likeness (QED) is 0.427. The SMILES string of the molecule is CC(=O)c1cccc(NC(=O)Cn2c(=O)n(C[C@H]3CCCO3)c(=O)c3sc4ncccc4c32)c1. The molecule has 174 valence electrons. The van der Waals surface area contributed by atoms with E-state index in [2.05, 4.69) is 10.3 Å². The fourth-order valence-corrected chi connectivity index (χ4v) is 5.34. The lowest BCUT2D eigenvalue weighted by molar-refractivity contribution is -0.116. The molecule has 0 spiro atoms. The average Bonchev–Trinajstić information content (AvgIpc) is 3.47. The van der Waals surface area contributed by atoms with Gasteiger partial charge in [0.2, 0.25) is 5.91 Å². The fraction of sp³-hybridized carbons (Fsp3) is 0.292. The van der Waals surface area contributed by atoms with Crippen LogP contribution in [0.2, 0.25) is 0 Å². The third kappa shape index (κ3) is 4.06. The van der Waals surface area contributed by atoms with Crippen molar-refractivity contribution in [3.8, 4) is 0 Å². The molecule has 10 heteroatoms. The van der Waals surface area contributed by atoms with Gasteiger partial charge in [-0.25, -0.2) is 9.78 Å². The summed E-state index contributed by atoms with van der Waals surface area (Å²) in [7, 11) is 0. The average molecular weight is 479 g/mol. The molecule has 1 amide bonds. The number of carbonyl (C=O) groups is 2. The second-order valence-electron chi connectivity index (χ2n) is 8.24. The summed E-state index contributed by atoms with van der Waals surface area (Å²) in [5.74, 6) is -0.567. The number of benzene rings is 1. The van der Waals surface area contributed by atoms with Gasteiger partial charge < -0.3 is 10.1 Å². The maximum atomic E-state index is 13.5. The van der Waals surface area contributed by atoms with Crippen LogP contribution in [0.15, 0.2) is 52.2 Å². The lowest BCUT2D eigenvalue weighted by Gasteiger charge is -2.15. The molecular weight excluding hydrogens is 456 g/mol. The van der Waals surface area contributed by atoms with Crippen molar-refractivity contribution in [2.24, 2.45) is 0 Å². The zero-order valence-corrected chi connectivity index (χ0v) is 19.3. The highest BCUT2D eigenvalue weighted by atomic mass is 32.1. The molecule has 0 saturated carbocycles. The first-order chi connectivity index (χ1) is 16.4. The summed E-state index contributed by atoms with van der Waals surface area (Å²) in [4.78, 5) is 56.4. The van der Waals surface area contributed by atoms with Crippen molar-refractivity contribution in [3.63, 3.8) is 0 Å². The van der Waals surface area contributed by atoms with Crippen LogP contribution >= 0.6 is 11.3 Å². The van der Waals surface area contributed by atoms with Crippen molar-refractivity contribution in [2.45, 2.75) is 39.0 Å². The summed E-state index contributed by atoms with van der Waals surface area (Å²) in [6.45, 7) is 1.89. The Morgan fingerprint density at radius 2 is 2.06 bits per heavy atom. The van der Waals surface area contributed by atoms with Crippen molar-refractivity contribution in [1.29, 1.82) is 0 Å². The highest BCUT2D eigenvalue weighted by Crippen LogP contribution is 2.29. The van der Waals surface area contributed by atoms with E-state index >= 15 is 0 Å². The Morgan fingerprint density at radius 3 is 2.82 bits per heavy atom. The van der Waals surface area contributed by atoms with Crippen LogP contribution in [0.4, 0.5) is 5.69 Å². The van der Waals surface area contributed by atoms with Gasteiger partial charge in [-0.2, -0.15) is 0 Å². The fourth-order valence-electron chi connectivity index (χ4n) is 4.24. The summed E-state index contributed by atoms with van der Waals surface area (Å²) >= 11 is 1.21. The first-order valence-electron chi connectivity index (χ1n) is 11.0. The topological polar surface area (TPSA) is 112 Å². The lowest BCUT2D eigenvalue weighted by atomic mass is 10.1. The third-order valence-electron chi connectivity index (χ3n) is 5.88. The number of hydrogen-bond donors (Lipinski definition) is 1. The smallest absolute Gasteiger partial charge is 0.332 e. The summed E-state index contributed by atoms with van der Waals surface area (Å²) in [6.07, 6.45) is 3.06. The second kappa shape index (κ2) is 8.96. The standard InChI is InChI=1S/C24H22N4O5S/c1-14(29)15-5-2-6-16(11-15)26-19(30)13-27-20-18-8-3-9-25-22(18)34-21(20)23(31)28(24(27)32)12-17-7-4-10-33-17/h2-3,5-6,8-9,11,17H,4,7,10,12-13H2,1H3,(H,26,30)/t17-/m1/s1. The van der Waals surface area contributed by atoms with Crippen molar-refractivity contribution in [2.75, 3.05) is 11.9 Å². The van der Waals surface area contributed by atoms with E-state index in [4.69, 9.17) is 4.74 Å². The van der Waals surface area contributed by atoms with Gasteiger partial charge in [0, 0.05) is 29.4 Å². The highest BCUT2D eigenvalue weighted by molar-refractivity contribution is 7.25. The molecular formula is C24H22N4O5S. The van der Waals surface area contributed by atoms with Gasteiger partial charge in [0.15, 0.2) is 5.78 Å². The lowest BCUT2D eigenvalue weighted by Crippen LogP contribution is -2.43. The summed E-state index contributed by atoms with van der Waals surface area (Å²) in [5.41, 5.74) is 0.358. The van der Waals surface area contributed by atoms with E-state index in [9.17, 15) is 19.2 Å². The van der Waals surface area contributed by atoms with Gasteiger partial charge in [-0.05, 0) is 44.0 Å². The van der Waals surface area contributed by atoms with Gasteiger partial charge in [0.25, 0.3) is 5.56 Å². The Morgan fingerprint density at radius 1 is 1.21 bits per heavy atom. The highest BCUT2D eigenvalue weighted by Gasteiger charge is 2.24. The van der Waals surface area contributed by atoms with Gasteiger partial charge in [-0.15, -0.1) is 11.3 Å². The van der Waals surface area contributed by atoms with Crippen LogP contribution in [-0.2, 0) is 22.6 Å². The van der Waals surface area contributed by atoms with E-state index in [0.29, 0.717) is 38.3 Å². The first kappa shape index (κ1) is 22.2. The van der Waals surface area contributed by atoms with E-state index in [0.717, 1.165) is 17.4 Å². The largest absolute Gasteiger partial charge is 0.376 e. The minimum absolute atomic E-state index is 0.118. The Bertz CT molecular complexity index is 1540. The number of carbonyl (C=O) groups excluding carboxylic acids is 2. The predicted octanol–water partition coefficient (Wildman–Crippen LogP) is 2.79. The summed E-state index contributed by atoms with van der Waals surface area (Å²) in [5, 5.41) is 3.40. The number of hydrogen-bond acceptors (Lipinski definition) is 7. The van der Waals surface area contributed by atoms with E-state index in [1.54, 1.807) is 42.6 Å². The molecule has 4 heterocycles. The molecule has 34 heavy (non-hydrogen) atoms. The summed E-state index contributed by atoms with van der Waals surface area (Å²) in [6, 6.07) is 10.1. The molecule has 0 radical (unpaired) electrons. The minimum Gasteiger partial charge on any atom is -0.376 e. The summed E-state index contributed by atoms with van der Waals surface area (Å²) < 4.78 is 8.51. The van der Waals surface area contributed by atoms with Crippen LogP contribution in [-0.4, -0.2) is 38.5 Å². The maximum Gasteiger partial charge on any atom is 0.332 e. The van der Waals surface area contributed by atoms with Crippen LogP contribution in [0.3, 0.4) is 0 Å². The van der Waals surface area contributed by atoms with Gasteiger partial charge in [-0.3, -0.25) is 23.5 Å². The van der Waals surface area contributed by atoms with Crippen LogP contribution in [0, 0.1) is 0 Å². The second-order valence-corrected chi connectivity index (χ2v) is 9.24. The molecule has 3 aromatic heterocycles. The van der Waals surface area contributed by atoms with Crippen LogP contribution in [0.1, 0.15) is 30.1 Å². The molecule has 1 N–H and O–H groups in total. The number of nitrogens with zero attached hydrogens (tertiary/aromatic N) is 3. The number of amides is 1. The number of rotatable bonds is 6. The molecule has 0 aliphatic carbocycles. The molecule has 1 aliphatic rings. The van der Waals surface area contributed by atoms with Crippen LogP contribution in [0.5, 0.6) is 0 Å². The molecule has 5 rings (SSSR count). The number of aromatic nitrogens is 3. The van der Waals surface area contributed by atoms with Crippen LogP contribution < -0.4 is 16.6 Å². The molecule has 1 fully saturated rings. The van der Waals surface area contributed by atoms with Gasteiger partial charge >= 0.3 is 5.69 Å². The number of ether oxygens (including phenoxy) is 1. The van der Waals surface area contributed by atoms with E-state index in [-0.39, 0.29) is 25.0 Å². The number of fused-ring (bicyclic) bond motifs is 3. The number of thiophene rings is 1. The Labute approximate surface area is 197 Å². The van der Waals surface area contributed by atoms with E-state index < -0.39 is 17.2 Å². The van der Waals surface area contributed by atoms with Crippen molar-refractivity contribution in [3.05, 3.63) is 69.0 Å². The molecule has 1 atom stereocenters. The molecule has 1 aromatic carbocycles. The van der Waals surface area contributed by atoms with Crippen molar-refractivity contribution < 1.29 is 14.3 Å². The zero-order valence-electron chi connectivity index (χ0n) is 18.4. The van der Waals surface area contributed by atoms with Crippen molar-refractivity contribution >= 4 is 49.1 Å². The first-order valence-corrected chi connectivity index (χ1v) is 11.8. The normalized spacial score (nSPS) is 15.7. The van der Waals surface area contributed by atoms with E-state index in [1.807, 2.05) is 0 Å². The predicted molar refractivity (Wildman–Crippen MR) is 130 cm³/mol.